The first-order valence-corrected chi connectivity index (χ1v) is 4.51. The Labute approximate surface area is 76.5 Å². The van der Waals surface area contributed by atoms with Gasteiger partial charge in [-0.2, -0.15) is 4.98 Å². The van der Waals surface area contributed by atoms with Crippen LogP contribution in [-0.2, 0) is 11.3 Å². The molecule has 0 bridgehead atoms. The van der Waals surface area contributed by atoms with Crippen molar-refractivity contribution in [1.82, 2.24) is 15.5 Å². The summed E-state index contributed by atoms with van der Waals surface area (Å²) in [6, 6.07) is 0. The van der Waals surface area contributed by atoms with Crippen LogP contribution in [0.5, 0.6) is 0 Å². The maximum Gasteiger partial charge on any atom is 0.232 e. The summed E-state index contributed by atoms with van der Waals surface area (Å²) in [5.41, 5.74) is 0. The number of hydrogen-bond acceptors (Lipinski definition) is 5. The molecule has 1 aromatic rings. The SMILES string of the molecule is CCOCc1noc(C2CNC2)n1. The summed E-state index contributed by atoms with van der Waals surface area (Å²) >= 11 is 0. The molecule has 5 nitrogen and oxygen atoms in total. The van der Waals surface area contributed by atoms with Gasteiger partial charge in [-0.05, 0) is 6.92 Å². The van der Waals surface area contributed by atoms with Gasteiger partial charge in [0.2, 0.25) is 5.89 Å². The van der Waals surface area contributed by atoms with Crippen molar-refractivity contribution in [3.05, 3.63) is 11.7 Å². The summed E-state index contributed by atoms with van der Waals surface area (Å²) in [6.07, 6.45) is 0. The average Bonchev–Trinajstić information content (AvgIpc) is 2.46. The monoisotopic (exact) mass is 183 g/mol. The Balaban J connectivity index is 1.92. The smallest absolute Gasteiger partial charge is 0.232 e. The Morgan fingerprint density at radius 2 is 2.46 bits per heavy atom. The topological polar surface area (TPSA) is 60.2 Å². The Hall–Kier alpha value is -0.940. The third-order valence-corrected chi connectivity index (χ3v) is 2.05. The van der Waals surface area contributed by atoms with Gasteiger partial charge < -0.3 is 14.6 Å². The molecule has 2 rings (SSSR count). The molecule has 0 atom stereocenters. The zero-order valence-corrected chi connectivity index (χ0v) is 7.62. The molecule has 1 N–H and O–H groups in total. The van der Waals surface area contributed by atoms with Gasteiger partial charge in [0.1, 0.15) is 6.61 Å². The Bertz CT molecular complexity index is 270. The maximum absolute atomic E-state index is 5.16. The summed E-state index contributed by atoms with van der Waals surface area (Å²) < 4.78 is 10.2. The van der Waals surface area contributed by atoms with Gasteiger partial charge in [-0.1, -0.05) is 5.16 Å². The van der Waals surface area contributed by atoms with Crippen LogP contribution in [0.25, 0.3) is 0 Å². The molecule has 0 unspecified atom stereocenters. The van der Waals surface area contributed by atoms with Gasteiger partial charge in [0.05, 0.1) is 5.92 Å². The summed E-state index contributed by atoms with van der Waals surface area (Å²) in [7, 11) is 0. The first-order chi connectivity index (χ1) is 6.40. The van der Waals surface area contributed by atoms with Crippen LogP contribution in [0.15, 0.2) is 4.52 Å². The van der Waals surface area contributed by atoms with Crippen LogP contribution in [0, 0.1) is 0 Å². The molecule has 72 valence electrons. The lowest BCUT2D eigenvalue weighted by Crippen LogP contribution is -2.40. The highest BCUT2D eigenvalue weighted by atomic mass is 16.5. The molecule has 0 amide bonds. The van der Waals surface area contributed by atoms with E-state index in [0.717, 1.165) is 19.0 Å². The first kappa shape index (κ1) is 8.65. The highest BCUT2D eigenvalue weighted by Gasteiger charge is 2.24. The molecule has 13 heavy (non-hydrogen) atoms. The number of ether oxygens (including phenoxy) is 1. The average molecular weight is 183 g/mol. The molecule has 1 aliphatic rings. The third kappa shape index (κ3) is 1.87. The molecule has 0 radical (unpaired) electrons. The van der Waals surface area contributed by atoms with Crippen molar-refractivity contribution in [3.8, 4) is 0 Å². The predicted octanol–water partition coefficient (Wildman–Crippen LogP) is 0.293. The van der Waals surface area contributed by atoms with Crippen LogP contribution in [0.1, 0.15) is 24.6 Å². The lowest BCUT2D eigenvalue weighted by Gasteiger charge is -2.22. The zero-order valence-electron chi connectivity index (χ0n) is 7.62. The number of hydrogen-bond donors (Lipinski definition) is 1. The second-order valence-corrected chi connectivity index (χ2v) is 3.04. The number of nitrogens with zero attached hydrogens (tertiary/aromatic N) is 2. The van der Waals surface area contributed by atoms with Crippen LogP contribution in [0.3, 0.4) is 0 Å². The fraction of sp³-hybridized carbons (Fsp3) is 0.750. The number of nitrogens with one attached hydrogen (secondary N) is 1. The quantitative estimate of drug-likeness (QED) is 0.727. The molecule has 1 saturated heterocycles. The van der Waals surface area contributed by atoms with E-state index in [9.17, 15) is 0 Å². The van der Waals surface area contributed by atoms with E-state index in [1.165, 1.54) is 0 Å². The normalized spacial score (nSPS) is 17.3. The lowest BCUT2D eigenvalue weighted by atomic mass is 10.0. The largest absolute Gasteiger partial charge is 0.374 e. The molecule has 0 aliphatic carbocycles. The minimum absolute atomic E-state index is 0.405. The maximum atomic E-state index is 5.16. The van der Waals surface area contributed by atoms with Gasteiger partial charge >= 0.3 is 0 Å². The van der Waals surface area contributed by atoms with E-state index in [1.54, 1.807) is 0 Å². The third-order valence-electron chi connectivity index (χ3n) is 2.05. The first-order valence-electron chi connectivity index (χ1n) is 4.51. The summed E-state index contributed by atoms with van der Waals surface area (Å²) in [5, 5.41) is 6.97. The minimum atomic E-state index is 0.405. The molecule has 0 saturated carbocycles. The summed E-state index contributed by atoms with van der Waals surface area (Å²) in [5.74, 6) is 1.78. The van der Waals surface area contributed by atoms with E-state index in [4.69, 9.17) is 9.26 Å². The van der Waals surface area contributed by atoms with E-state index in [1.807, 2.05) is 6.92 Å². The highest BCUT2D eigenvalue weighted by molar-refractivity contribution is 5.00. The van der Waals surface area contributed by atoms with Crippen LogP contribution < -0.4 is 5.32 Å². The second-order valence-electron chi connectivity index (χ2n) is 3.04. The summed E-state index contributed by atoms with van der Waals surface area (Å²) in [6.45, 7) is 4.94. The molecule has 0 spiro atoms. The van der Waals surface area contributed by atoms with Crippen molar-refractivity contribution >= 4 is 0 Å². The van der Waals surface area contributed by atoms with E-state index >= 15 is 0 Å². The van der Waals surface area contributed by atoms with Gasteiger partial charge in [0, 0.05) is 19.7 Å². The number of aromatic nitrogens is 2. The fourth-order valence-electron chi connectivity index (χ4n) is 1.15. The van der Waals surface area contributed by atoms with Gasteiger partial charge in [-0.15, -0.1) is 0 Å². The van der Waals surface area contributed by atoms with E-state index in [0.29, 0.717) is 25.0 Å². The van der Waals surface area contributed by atoms with Gasteiger partial charge in [0.25, 0.3) is 0 Å². The highest BCUT2D eigenvalue weighted by Crippen LogP contribution is 2.17. The Kier molecular flexibility index (Phi) is 2.56. The molecule has 5 heteroatoms. The van der Waals surface area contributed by atoms with Crippen molar-refractivity contribution in [2.75, 3.05) is 19.7 Å². The summed E-state index contributed by atoms with van der Waals surface area (Å²) in [4.78, 5) is 4.23. The zero-order chi connectivity index (χ0) is 9.10. The van der Waals surface area contributed by atoms with Crippen molar-refractivity contribution in [3.63, 3.8) is 0 Å². The molecular weight excluding hydrogens is 170 g/mol. The van der Waals surface area contributed by atoms with Gasteiger partial charge in [-0.3, -0.25) is 0 Å². The number of rotatable bonds is 4. The molecule has 2 heterocycles. The standard InChI is InChI=1S/C8H13N3O2/c1-2-12-5-7-10-8(13-11-7)6-3-9-4-6/h6,9H,2-5H2,1H3. The molecule has 0 aromatic carbocycles. The second kappa shape index (κ2) is 3.85. The van der Waals surface area contributed by atoms with E-state index in [-0.39, 0.29) is 0 Å². The lowest BCUT2D eigenvalue weighted by molar-refractivity contribution is 0.126. The Morgan fingerprint density at radius 3 is 3.08 bits per heavy atom. The molecule has 1 fully saturated rings. The molecular formula is C8H13N3O2. The van der Waals surface area contributed by atoms with Crippen LogP contribution in [0.2, 0.25) is 0 Å². The van der Waals surface area contributed by atoms with Crippen molar-refractivity contribution in [2.45, 2.75) is 19.4 Å². The van der Waals surface area contributed by atoms with Crippen molar-refractivity contribution in [1.29, 1.82) is 0 Å². The van der Waals surface area contributed by atoms with Crippen LogP contribution in [-0.4, -0.2) is 29.8 Å². The molecule has 1 aromatic heterocycles. The minimum Gasteiger partial charge on any atom is -0.374 e. The molecule has 1 aliphatic heterocycles. The predicted molar refractivity (Wildman–Crippen MR) is 45.2 cm³/mol. The van der Waals surface area contributed by atoms with Crippen molar-refractivity contribution in [2.24, 2.45) is 0 Å². The van der Waals surface area contributed by atoms with E-state index in [2.05, 4.69) is 15.5 Å². The van der Waals surface area contributed by atoms with Crippen LogP contribution >= 0.6 is 0 Å². The van der Waals surface area contributed by atoms with Crippen LogP contribution in [0.4, 0.5) is 0 Å². The van der Waals surface area contributed by atoms with E-state index < -0.39 is 0 Å². The van der Waals surface area contributed by atoms with Gasteiger partial charge in [-0.25, -0.2) is 0 Å². The fourth-order valence-corrected chi connectivity index (χ4v) is 1.15. The van der Waals surface area contributed by atoms with Gasteiger partial charge in [0.15, 0.2) is 5.82 Å². The Morgan fingerprint density at radius 1 is 1.62 bits per heavy atom. The van der Waals surface area contributed by atoms with Crippen molar-refractivity contribution < 1.29 is 9.26 Å².